The van der Waals surface area contributed by atoms with E-state index < -0.39 is 29.6 Å². The minimum absolute atomic E-state index is 0.416. The third-order valence-electron chi connectivity index (χ3n) is 3.84. The zero-order valence-electron chi connectivity index (χ0n) is 11.8. The number of halogens is 1. The highest BCUT2D eigenvalue weighted by Gasteiger charge is 2.35. The number of benzene rings is 1. The maximum Gasteiger partial charge on any atom is 0.307 e. The van der Waals surface area contributed by atoms with Crippen molar-refractivity contribution in [1.82, 2.24) is 10.9 Å². The first-order valence-electron chi connectivity index (χ1n) is 7.08. The molecule has 1 aromatic carbocycles. The van der Waals surface area contributed by atoms with Crippen molar-refractivity contribution in [3.05, 3.63) is 33.4 Å². The van der Waals surface area contributed by atoms with Crippen LogP contribution in [0.2, 0.25) is 0 Å². The van der Waals surface area contributed by atoms with Crippen LogP contribution >= 0.6 is 22.6 Å². The molecule has 3 N–H and O–H groups in total. The third kappa shape index (κ3) is 3.96. The first-order chi connectivity index (χ1) is 10.5. The molecule has 2 atom stereocenters. The molecule has 2 amide bonds. The van der Waals surface area contributed by atoms with Gasteiger partial charge in [0, 0.05) is 3.57 Å². The van der Waals surface area contributed by atoms with Crippen LogP contribution in [0.1, 0.15) is 36.0 Å². The lowest BCUT2D eigenvalue weighted by Gasteiger charge is -2.27. The summed E-state index contributed by atoms with van der Waals surface area (Å²) in [5.41, 5.74) is 5.18. The largest absolute Gasteiger partial charge is 0.481 e. The summed E-state index contributed by atoms with van der Waals surface area (Å²) in [6.45, 7) is 0. The van der Waals surface area contributed by atoms with Crippen molar-refractivity contribution in [2.75, 3.05) is 0 Å². The van der Waals surface area contributed by atoms with E-state index in [1.165, 1.54) is 0 Å². The molecule has 2 unspecified atom stereocenters. The van der Waals surface area contributed by atoms with Crippen LogP contribution < -0.4 is 10.9 Å². The van der Waals surface area contributed by atoms with E-state index in [2.05, 4.69) is 10.9 Å². The molecule has 1 saturated carbocycles. The molecule has 2 rings (SSSR count). The number of nitrogens with one attached hydrogen (secondary N) is 2. The molecule has 0 heterocycles. The number of hydrogen-bond donors (Lipinski definition) is 3. The van der Waals surface area contributed by atoms with E-state index in [1.54, 1.807) is 18.2 Å². The Morgan fingerprint density at radius 2 is 1.68 bits per heavy atom. The van der Waals surface area contributed by atoms with Gasteiger partial charge in [-0.3, -0.25) is 25.2 Å². The van der Waals surface area contributed by atoms with Crippen molar-refractivity contribution in [3.8, 4) is 0 Å². The van der Waals surface area contributed by atoms with E-state index >= 15 is 0 Å². The van der Waals surface area contributed by atoms with Gasteiger partial charge < -0.3 is 5.11 Å². The number of carboxylic acid groups (broad SMARTS) is 1. The zero-order valence-corrected chi connectivity index (χ0v) is 14.0. The molecule has 1 aliphatic rings. The van der Waals surface area contributed by atoms with Crippen LogP contribution in [0.4, 0.5) is 0 Å². The number of hydrazine groups is 1. The summed E-state index contributed by atoms with van der Waals surface area (Å²) in [5, 5.41) is 9.18. The van der Waals surface area contributed by atoms with Crippen LogP contribution in [0, 0.1) is 15.4 Å². The average molecular weight is 416 g/mol. The number of aliphatic carboxylic acids is 1. The first-order valence-corrected chi connectivity index (χ1v) is 8.16. The van der Waals surface area contributed by atoms with Crippen molar-refractivity contribution in [2.45, 2.75) is 25.7 Å². The maximum absolute atomic E-state index is 12.1. The molecule has 1 aliphatic carbocycles. The topological polar surface area (TPSA) is 95.5 Å². The van der Waals surface area contributed by atoms with Gasteiger partial charge in [0.05, 0.1) is 17.4 Å². The van der Waals surface area contributed by atoms with E-state index in [9.17, 15) is 19.5 Å². The number of hydrogen-bond acceptors (Lipinski definition) is 3. The molecule has 6 nitrogen and oxygen atoms in total. The quantitative estimate of drug-likeness (QED) is 0.519. The predicted molar refractivity (Wildman–Crippen MR) is 87.9 cm³/mol. The van der Waals surface area contributed by atoms with Crippen LogP contribution in [0.5, 0.6) is 0 Å². The third-order valence-corrected chi connectivity index (χ3v) is 4.78. The summed E-state index contributed by atoms with van der Waals surface area (Å²) < 4.78 is 0.771. The highest BCUT2D eigenvalue weighted by Crippen LogP contribution is 2.30. The lowest BCUT2D eigenvalue weighted by molar-refractivity contribution is -0.149. The highest BCUT2D eigenvalue weighted by molar-refractivity contribution is 14.1. The van der Waals surface area contributed by atoms with Gasteiger partial charge in [-0.1, -0.05) is 25.0 Å². The minimum atomic E-state index is -0.955. The average Bonchev–Trinajstić information content (AvgIpc) is 2.52. The first kappa shape index (κ1) is 16.7. The summed E-state index contributed by atoms with van der Waals surface area (Å²) in [5.74, 6) is -3.08. The van der Waals surface area contributed by atoms with E-state index in [1.807, 2.05) is 28.7 Å². The fourth-order valence-corrected chi connectivity index (χ4v) is 3.30. The Hall–Kier alpha value is -1.64. The zero-order chi connectivity index (χ0) is 16.1. The Bertz CT molecular complexity index is 591. The fourth-order valence-electron chi connectivity index (χ4n) is 2.66. The number of carbonyl (C=O) groups is 3. The number of carboxylic acids is 1. The van der Waals surface area contributed by atoms with Gasteiger partial charge in [0.1, 0.15) is 0 Å². The monoisotopic (exact) mass is 416 g/mol. The maximum atomic E-state index is 12.1. The molecule has 1 fully saturated rings. The van der Waals surface area contributed by atoms with E-state index in [-0.39, 0.29) is 0 Å². The normalized spacial score (nSPS) is 21.0. The van der Waals surface area contributed by atoms with Gasteiger partial charge in [0.25, 0.3) is 5.91 Å². The number of rotatable bonds is 3. The molecule has 22 heavy (non-hydrogen) atoms. The second-order valence-corrected chi connectivity index (χ2v) is 6.42. The molecule has 118 valence electrons. The lowest BCUT2D eigenvalue weighted by atomic mass is 9.79. The second-order valence-electron chi connectivity index (χ2n) is 5.26. The van der Waals surface area contributed by atoms with E-state index in [0.29, 0.717) is 18.4 Å². The smallest absolute Gasteiger partial charge is 0.307 e. The Labute approximate surface area is 141 Å². The van der Waals surface area contributed by atoms with Gasteiger partial charge in [-0.2, -0.15) is 0 Å². The lowest BCUT2D eigenvalue weighted by Crippen LogP contribution is -2.48. The second kappa shape index (κ2) is 7.57. The molecular formula is C15H17IN2O4. The van der Waals surface area contributed by atoms with Gasteiger partial charge in [0.2, 0.25) is 5.91 Å². The van der Waals surface area contributed by atoms with Crippen LogP contribution in [0.15, 0.2) is 24.3 Å². The standard InChI is InChI=1S/C15H17IN2O4/c16-12-8-4-3-7-11(12)14(20)18-17-13(19)9-5-1-2-6-10(9)15(21)22/h3-4,7-10H,1-2,5-6H2,(H,17,19)(H,18,20)(H,21,22). The molecule has 0 spiro atoms. The molecule has 0 saturated heterocycles. The van der Waals surface area contributed by atoms with Crippen molar-refractivity contribution >= 4 is 40.4 Å². The van der Waals surface area contributed by atoms with Crippen LogP contribution in [0.3, 0.4) is 0 Å². The number of carbonyl (C=O) groups excluding carboxylic acids is 2. The van der Waals surface area contributed by atoms with Crippen molar-refractivity contribution in [3.63, 3.8) is 0 Å². The predicted octanol–water partition coefficient (Wildman–Crippen LogP) is 1.94. The Balaban J connectivity index is 1.96. The molecule has 0 bridgehead atoms. The molecule has 0 radical (unpaired) electrons. The Morgan fingerprint density at radius 1 is 1.05 bits per heavy atom. The van der Waals surface area contributed by atoms with Crippen LogP contribution in [-0.4, -0.2) is 22.9 Å². The number of amides is 2. The van der Waals surface area contributed by atoms with Crippen molar-refractivity contribution in [2.24, 2.45) is 11.8 Å². The molecular weight excluding hydrogens is 399 g/mol. The van der Waals surface area contributed by atoms with Gasteiger partial charge in [-0.15, -0.1) is 0 Å². The summed E-state index contributed by atoms with van der Waals surface area (Å²) >= 11 is 2.04. The van der Waals surface area contributed by atoms with Crippen LogP contribution in [-0.2, 0) is 9.59 Å². The van der Waals surface area contributed by atoms with Crippen molar-refractivity contribution in [1.29, 1.82) is 0 Å². The van der Waals surface area contributed by atoms with Gasteiger partial charge in [-0.25, -0.2) is 0 Å². The Morgan fingerprint density at radius 3 is 2.32 bits per heavy atom. The van der Waals surface area contributed by atoms with Gasteiger partial charge in [0.15, 0.2) is 0 Å². The van der Waals surface area contributed by atoms with Gasteiger partial charge >= 0.3 is 5.97 Å². The minimum Gasteiger partial charge on any atom is -0.481 e. The summed E-state index contributed by atoms with van der Waals surface area (Å²) in [6.07, 6.45) is 2.67. The van der Waals surface area contributed by atoms with Gasteiger partial charge in [-0.05, 0) is 47.6 Å². The SMILES string of the molecule is O=C(NNC(=O)C1CCCCC1C(=O)O)c1ccccc1I. The summed E-state index contributed by atoms with van der Waals surface area (Å²) in [4.78, 5) is 35.4. The Kier molecular flexibility index (Phi) is 5.76. The molecule has 0 aromatic heterocycles. The fraction of sp³-hybridized carbons (Fsp3) is 0.400. The summed E-state index contributed by atoms with van der Waals surface area (Å²) in [7, 11) is 0. The molecule has 1 aromatic rings. The highest BCUT2D eigenvalue weighted by atomic mass is 127. The van der Waals surface area contributed by atoms with E-state index in [0.717, 1.165) is 16.4 Å². The molecule has 7 heteroatoms. The van der Waals surface area contributed by atoms with Crippen molar-refractivity contribution < 1.29 is 19.5 Å². The molecule has 0 aliphatic heterocycles. The summed E-state index contributed by atoms with van der Waals surface area (Å²) in [6, 6.07) is 7.00. The van der Waals surface area contributed by atoms with E-state index in [4.69, 9.17) is 0 Å². The van der Waals surface area contributed by atoms with Crippen LogP contribution in [0.25, 0.3) is 0 Å².